The summed E-state index contributed by atoms with van der Waals surface area (Å²) in [7, 11) is 1.89. The third-order valence-corrected chi connectivity index (χ3v) is 5.49. The molecule has 1 aromatic heterocycles. The lowest BCUT2D eigenvalue weighted by atomic mass is 10.1. The first kappa shape index (κ1) is 13.4. The number of thiophene rings is 1. The fourth-order valence-electron chi connectivity index (χ4n) is 2.63. The quantitative estimate of drug-likeness (QED) is 0.936. The number of aryl methyl sites for hydroxylation is 1. The summed E-state index contributed by atoms with van der Waals surface area (Å²) in [5, 5.41) is 1.01. The second-order valence-corrected chi connectivity index (χ2v) is 6.89. The Kier molecular flexibility index (Phi) is 3.21. The molecule has 4 heteroatoms. The largest absolute Gasteiger partial charge is 0.397 e. The van der Waals surface area contributed by atoms with Gasteiger partial charge in [-0.3, -0.25) is 4.79 Å². The van der Waals surface area contributed by atoms with Crippen LogP contribution < -0.4 is 5.73 Å². The van der Waals surface area contributed by atoms with E-state index in [1.807, 2.05) is 24.9 Å². The molecule has 1 heterocycles. The highest BCUT2D eigenvalue weighted by molar-refractivity contribution is 7.21. The van der Waals surface area contributed by atoms with E-state index in [0.29, 0.717) is 22.5 Å². The van der Waals surface area contributed by atoms with Crippen molar-refractivity contribution in [3.05, 3.63) is 28.6 Å². The smallest absolute Gasteiger partial charge is 0.266 e. The van der Waals surface area contributed by atoms with Crippen molar-refractivity contribution in [1.82, 2.24) is 4.90 Å². The molecule has 1 unspecified atom stereocenters. The molecule has 0 saturated heterocycles. The van der Waals surface area contributed by atoms with Crippen molar-refractivity contribution in [3.63, 3.8) is 0 Å². The number of anilines is 1. The summed E-state index contributed by atoms with van der Waals surface area (Å²) in [6, 6.07) is 6.46. The topological polar surface area (TPSA) is 46.3 Å². The molecular weight excluding hydrogens is 268 g/mol. The van der Waals surface area contributed by atoms with Gasteiger partial charge in [0.05, 0.1) is 5.69 Å². The molecule has 1 saturated carbocycles. The first-order valence-electron chi connectivity index (χ1n) is 7.05. The van der Waals surface area contributed by atoms with E-state index >= 15 is 0 Å². The normalized spacial score (nSPS) is 16.4. The van der Waals surface area contributed by atoms with E-state index in [9.17, 15) is 4.79 Å². The van der Waals surface area contributed by atoms with Crippen molar-refractivity contribution in [2.24, 2.45) is 5.92 Å². The van der Waals surface area contributed by atoms with Crippen LogP contribution in [0.25, 0.3) is 10.1 Å². The van der Waals surface area contributed by atoms with Gasteiger partial charge in [-0.15, -0.1) is 11.3 Å². The number of nitrogens with zero attached hydrogens (tertiary/aromatic N) is 1. The first-order valence-corrected chi connectivity index (χ1v) is 7.86. The molecule has 0 aliphatic heterocycles. The maximum Gasteiger partial charge on any atom is 0.266 e. The molecule has 3 rings (SSSR count). The molecule has 0 bridgehead atoms. The summed E-state index contributed by atoms with van der Waals surface area (Å²) in [4.78, 5) is 15.2. The Labute approximate surface area is 123 Å². The molecule has 2 aromatic rings. The molecule has 0 radical (unpaired) electrons. The third kappa shape index (κ3) is 2.18. The molecule has 20 heavy (non-hydrogen) atoms. The molecule has 1 aliphatic carbocycles. The van der Waals surface area contributed by atoms with Gasteiger partial charge >= 0.3 is 0 Å². The number of carbonyl (C=O) groups is 1. The van der Waals surface area contributed by atoms with E-state index in [4.69, 9.17) is 5.73 Å². The molecule has 106 valence electrons. The summed E-state index contributed by atoms with van der Waals surface area (Å²) in [6.45, 7) is 4.17. The van der Waals surface area contributed by atoms with Crippen LogP contribution in [0.3, 0.4) is 0 Å². The first-order chi connectivity index (χ1) is 9.49. The van der Waals surface area contributed by atoms with Crippen molar-refractivity contribution >= 4 is 33.0 Å². The van der Waals surface area contributed by atoms with Crippen LogP contribution in [0.5, 0.6) is 0 Å². The Morgan fingerprint density at radius 2 is 2.15 bits per heavy atom. The van der Waals surface area contributed by atoms with Crippen molar-refractivity contribution < 1.29 is 4.79 Å². The highest BCUT2D eigenvalue weighted by Crippen LogP contribution is 2.38. The lowest BCUT2D eigenvalue weighted by Crippen LogP contribution is -2.36. The lowest BCUT2D eigenvalue weighted by Gasteiger charge is -2.24. The number of carbonyl (C=O) groups excluding carboxylic acids is 1. The van der Waals surface area contributed by atoms with Crippen molar-refractivity contribution in [3.8, 4) is 0 Å². The standard InChI is InChI=1S/C16H20N2OS/c1-9-4-7-13-12(8-9)14(17)15(20-13)16(19)18(3)10(2)11-5-6-11/h4,7-8,10-11H,5-6,17H2,1-3H3. The third-order valence-electron chi connectivity index (χ3n) is 4.31. The van der Waals surface area contributed by atoms with Gasteiger partial charge in [-0.05, 0) is 44.7 Å². The van der Waals surface area contributed by atoms with Crippen LogP contribution in [0.4, 0.5) is 5.69 Å². The predicted molar refractivity (Wildman–Crippen MR) is 85.3 cm³/mol. The molecule has 1 aromatic carbocycles. The van der Waals surface area contributed by atoms with E-state index < -0.39 is 0 Å². The summed E-state index contributed by atoms with van der Waals surface area (Å²) < 4.78 is 1.09. The van der Waals surface area contributed by atoms with E-state index in [-0.39, 0.29) is 5.91 Å². The molecule has 1 amide bonds. The van der Waals surface area contributed by atoms with Crippen LogP contribution in [0.15, 0.2) is 18.2 Å². The maximum absolute atomic E-state index is 12.7. The van der Waals surface area contributed by atoms with E-state index in [0.717, 1.165) is 10.1 Å². The molecule has 0 spiro atoms. The van der Waals surface area contributed by atoms with Crippen molar-refractivity contribution in [2.45, 2.75) is 32.7 Å². The average Bonchev–Trinajstić information content (AvgIpc) is 3.23. The van der Waals surface area contributed by atoms with E-state index in [1.54, 1.807) is 0 Å². The van der Waals surface area contributed by atoms with Crippen LogP contribution in [0.2, 0.25) is 0 Å². The Morgan fingerprint density at radius 1 is 1.45 bits per heavy atom. The molecule has 3 nitrogen and oxygen atoms in total. The number of rotatable bonds is 3. The van der Waals surface area contributed by atoms with Gasteiger partial charge in [0, 0.05) is 23.2 Å². The highest BCUT2D eigenvalue weighted by atomic mass is 32.1. The van der Waals surface area contributed by atoms with Gasteiger partial charge in [-0.1, -0.05) is 11.6 Å². The second kappa shape index (κ2) is 4.77. The van der Waals surface area contributed by atoms with Crippen LogP contribution in [-0.2, 0) is 0 Å². The SMILES string of the molecule is Cc1ccc2sc(C(=O)N(C)C(C)C3CC3)c(N)c2c1. The fourth-order valence-corrected chi connectivity index (χ4v) is 3.72. The minimum Gasteiger partial charge on any atom is -0.397 e. The zero-order chi connectivity index (χ0) is 14.4. The van der Waals surface area contributed by atoms with Gasteiger partial charge in [-0.25, -0.2) is 0 Å². The summed E-state index contributed by atoms with van der Waals surface area (Å²) in [5.41, 5.74) is 8.00. The second-order valence-electron chi connectivity index (χ2n) is 5.84. The number of fused-ring (bicyclic) bond motifs is 1. The summed E-state index contributed by atoms with van der Waals surface area (Å²) >= 11 is 1.50. The molecule has 2 N–H and O–H groups in total. The number of nitrogens with two attached hydrogens (primary N) is 1. The highest BCUT2D eigenvalue weighted by Gasteiger charge is 2.33. The summed E-state index contributed by atoms with van der Waals surface area (Å²) in [6.07, 6.45) is 2.47. The summed E-state index contributed by atoms with van der Waals surface area (Å²) in [5.74, 6) is 0.725. The number of hydrogen-bond acceptors (Lipinski definition) is 3. The van der Waals surface area contributed by atoms with Crippen LogP contribution in [0, 0.1) is 12.8 Å². The Morgan fingerprint density at radius 3 is 2.80 bits per heavy atom. The predicted octanol–water partition coefficient (Wildman–Crippen LogP) is 3.66. The Bertz CT molecular complexity index is 672. The molecular formula is C16H20N2OS. The molecule has 1 aliphatic rings. The monoisotopic (exact) mass is 288 g/mol. The Hall–Kier alpha value is -1.55. The molecule has 1 atom stereocenters. The average molecular weight is 288 g/mol. The Balaban J connectivity index is 1.96. The zero-order valence-corrected chi connectivity index (χ0v) is 13.0. The van der Waals surface area contributed by atoms with Gasteiger partial charge < -0.3 is 10.6 Å². The van der Waals surface area contributed by atoms with Crippen molar-refractivity contribution in [1.29, 1.82) is 0 Å². The number of amides is 1. The van der Waals surface area contributed by atoms with E-state index in [1.165, 1.54) is 29.7 Å². The zero-order valence-electron chi connectivity index (χ0n) is 12.1. The minimum absolute atomic E-state index is 0.0563. The number of nitrogen functional groups attached to an aromatic ring is 1. The van der Waals surface area contributed by atoms with Gasteiger partial charge in [0.2, 0.25) is 0 Å². The van der Waals surface area contributed by atoms with Crippen molar-refractivity contribution in [2.75, 3.05) is 12.8 Å². The van der Waals surface area contributed by atoms with Gasteiger partial charge in [0.15, 0.2) is 0 Å². The minimum atomic E-state index is 0.0563. The van der Waals surface area contributed by atoms with Gasteiger partial charge in [0.25, 0.3) is 5.91 Å². The number of hydrogen-bond donors (Lipinski definition) is 1. The fraction of sp³-hybridized carbons (Fsp3) is 0.438. The van der Waals surface area contributed by atoms with Crippen LogP contribution in [0.1, 0.15) is 35.0 Å². The van der Waals surface area contributed by atoms with Crippen LogP contribution in [-0.4, -0.2) is 23.9 Å². The van der Waals surface area contributed by atoms with Crippen LogP contribution >= 0.6 is 11.3 Å². The van der Waals surface area contributed by atoms with Gasteiger partial charge in [-0.2, -0.15) is 0 Å². The molecule has 1 fully saturated rings. The number of benzene rings is 1. The van der Waals surface area contributed by atoms with Gasteiger partial charge in [0.1, 0.15) is 4.88 Å². The maximum atomic E-state index is 12.7. The lowest BCUT2D eigenvalue weighted by molar-refractivity contribution is 0.0733. The van der Waals surface area contributed by atoms with E-state index in [2.05, 4.69) is 19.1 Å².